The fourth-order valence-corrected chi connectivity index (χ4v) is 2.72. The molecule has 0 radical (unpaired) electrons. The largest absolute Gasteiger partial charge is 0.397 e. The molecule has 1 atom stereocenters. The zero-order chi connectivity index (χ0) is 13.2. The molecule has 3 rings (SSSR count). The van der Waals surface area contributed by atoms with Crippen molar-refractivity contribution in [2.45, 2.75) is 38.1 Å². The van der Waals surface area contributed by atoms with E-state index in [-0.39, 0.29) is 5.91 Å². The monoisotopic (exact) mass is 257 g/mol. The molecular formula is C15H19N3O. The maximum absolute atomic E-state index is 11.4. The quantitative estimate of drug-likeness (QED) is 0.563. The molecule has 4 heteroatoms. The standard InChI is InChI=1S/C15H19N3O/c16-12-8-10-6-7-15(19)18-13(10)9-14(12)17-11-4-2-1-3-5-11/h1-2,8-9,11,17H,3-7,16H2,(H,18,19). The van der Waals surface area contributed by atoms with Crippen molar-refractivity contribution in [3.63, 3.8) is 0 Å². The molecule has 1 aromatic rings. The number of fused-ring (bicyclic) bond motifs is 1. The topological polar surface area (TPSA) is 67.2 Å². The van der Waals surface area contributed by atoms with Crippen LogP contribution in [0.15, 0.2) is 24.3 Å². The summed E-state index contributed by atoms with van der Waals surface area (Å²) in [5.41, 5.74) is 9.84. The smallest absolute Gasteiger partial charge is 0.224 e. The van der Waals surface area contributed by atoms with Gasteiger partial charge in [-0.2, -0.15) is 0 Å². The van der Waals surface area contributed by atoms with E-state index in [0.29, 0.717) is 12.5 Å². The molecule has 0 spiro atoms. The molecule has 0 fully saturated rings. The first-order valence-electron chi connectivity index (χ1n) is 6.86. The number of amides is 1. The number of carbonyl (C=O) groups excluding carboxylic acids is 1. The third kappa shape index (κ3) is 2.57. The van der Waals surface area contributed by atoms with Crippen LogP contribution in [0, 0.1) is 0 Å². The molecule has 0 bridgehead atoms. The average Bonchev–Trinajstić information content (AvgIpc) is 2.41. The van der Waals surface area contributed by atoms with Crippen molar-refractivity contribution < 1.29 is 4.79 Å². The van der Waals surface area contributed by atoms with Crippen molar-refractivity contribution in [1.82, 2.24) is 0 Å². The molecular weight excluding hydrogens is 238 g/mol. The lowest BCUT2D eigenvalue weighted by molar-refractivity contribution is -0.116. The van der Waals surface area contributed by atoms with Crippen LogP contribution >= 0.6 is 0 Å². The maximum atomic E-state index is 11.4. The Labute approximate surface area is 113 Å². The van der Waals surface area contributed by atoms with Gasteiger partial charge in [-0.25, -0.2) is 0 Å². The number of aryl methyl sites for hydroxylation is 1. The SMILES string of the molecule is Nc1cc2c(cc1NC1CC=CCC1)NC(=O)CC2. The molecule has 1 unspecified atom stereocenters. The van der Waals surface area contributed by atoms with E-state index in [1.165, 1.54) is 0 Å². The minimum absolute atomic E-state index is 0.0869. The van der Waals surface area contributed by atoms with Gasteiger partial charge < -0.3 is 16.4 Å². The number of hydrogen-bond acceptors (Lipinski definition) is 3. The van der Waals surface area contributed by atoms with Gasteiger partial charge in [-0.15, -0.1) is 0 Å². The van der Waals surface area contributed by atoms with Crippen LogP contribution in [0.3, 0.4) is 0 Å². The predicted molar refractivity (Wildman–Crippen MR) is 78.2 cm³/mol. The van der Waals surface area contributed by atoms with Crippen molar-refractivity contribution >= 4 is 23.0 Å². The lowest BCUT2D eigenvalue weighted by Crippen LogP contribution is -2.23. The van der Waals surface area contributed by atoms with Crippen LogP contribution in [0.1, 0.15) is 31.2 Å². The van der Waals surface area contributed by atoms with Crippen LogP contribution in [-0.2, 0) is 11.2 Å². The van der Waals surface area contributed by atoms with E-state index in [1.54, 1.807) is 0 Å². The number of benzene rings is 1. The summed E-state index contributed by atoms with van der Waals surface area (Å²) in [6.45, 7) is 0. The van der Waals surface area contributed by atoms with Crippen LogP contribution in [0.25, 0.3) is 0 Å². The van der Waals surface area contributed by atoms with E-state index in [4.69, 9.17) is 5.73 Å². The minimum Gasteiger partial charge on any atom is -0.397 e. The second-order valence-electron chi connectivity index (χ2n) is 5.27. The summed E-state index contributed by atoms with van der Waals surface area (Å²) < 4.78 is 0. The molecule has 1 aromatic carbocycles. The van der Waals surface area contributed by atoms with Gasteiger partial charge in [-0.1, -0.05) is 12.2 Å². The fourth-order valence-electron chi connectivity index (χ4n) is 2.72. The van der Waals surface area contributed by atoms with Crippen molar-refractivity contribution in [2.75, 3.05) is 16.4 Å². The van der Waals surface area contributed by atoms with Crippen molar-refractivity contribution in [1.29, 1.82) is 0 Å². The summed E-state index contributed by atoms with van der Waals surface area (Å²) in [4.78, 5) is 11.4. The summed E-state index contributed by atoms with van der Waals surface area (Å²) in [5, 5.41) is 6.40. The zero-order valence-corrected chi connectivity index (χ0v) is 10.9. The van der Waals surface area contributed by atoms with Crippen LogP contribution in [0.2, 0.25) is 0 Å². The van der Waals surface area contributed by atoms with Crippen LogP contribution < -0.4 is 16.4 Å². The predicted octanol–water partition coefficient (Wildman–Crippen LogP) is 2.67. The highest BCUT2D eigenvalue weighted by molar-refractivity contribution is 5.95. The number of nitrogens with two attached hydrogens (primary N) is 1. The molecule has 100 valence electrons. The molecule has 4 nitrogen and oxygen atoms in total. The highest BCUT2D eigenvalue weighted by Crippen LogP contribution is 2.32. The first kappa shape index (κ1) is 12.1. The van der Waals surface area contributed by atoms with E-state index in [0.717, 1.165) is 48.3 Å². The Hall–Kier alpha value is -1.97. The molecule has 4 N–H and O–H groups in total. The second-order valence-corrected chi connectivity index (χ2v) is 5.27. The van der Waals surface area contributed by atoms with E-state index >= 15 is 0 Å². The molecule has 0 saturated carbocycles. The molecule has 0 aromatic heterocycles. The lowest BCUT2D eigenvalue weighted by atomic mass is 9.99. The van der Waals surface area contributed by atoms with Gasteiger partial charge in [0.25, 0.3) is 0 Å². The number of anilines is 3. The Kier molecular flexibility index (Phi) is 3.15. The van der Waals surface area contributed by atoms with Gasteiger partial charge in [-0.3, -0.25) is 4.79 Å². The first-order chi connectivity index (χ1) is 9.22. The third-order valence-corrected chi connectivity index (χ3v) is 3.80. The summed E-state index contributed by atoms with van der Waals surface area (Å²) in [6.07, 6.45) is 9.01. The minimum atomic E-state index is 0.0869. The van der Waals surface area contributed by atoms with Gasteiger partial charge in [0.05, 0.1) is 11.4 Å². The van der Waals surface area contributed by atoms with Crippen LogP contribution in [0.4, 0.5) is 17.1 Å². The Morgan fingerprint density at radius 2 is 2.16 bits per heavy atom. The lowest BCUT2D eigenvalue weighted by Gasteiger charge is -2.24. The van der Waals surface area contributed by atoms with Crippen molar-refractivity contribution in [3.05, 3.63) is 29.8 Å². The summed E-state index contributed by atoms with van der Waals surface area (Å²) >= 11 is 0. The van der Waals surface area contributed by atoms with Gasteiger partial charge >= 0.3 is 0 Å². The van der Waals surface area contributed by atoms with Crippen molar-refractivity contribution in [3.8, 4) is 0 Å². The Bertz CT molecular complexity index is 536. The number of rotatable bonds is 2. The molecule has 2 aliphatic rings. The third-order valence-electron chi connectivity index (χ3n) is 3.80. The average molecular weight is 257 g/mol. The summed E-state index contributed by atoms with van der Waals surface area (Å²) in [6, 6.07) is 4.39. The fraction of sp³-hybridized carbons (Fsp3) is 0.400. The van der Waals surface area contributed by atoms with Gasteiger partial charge in [-0.05, 0) is 43.4 Å². The maximum Gasteiger partial charge on any atom is 0.224 e. The molecule has 0 saturated heterocycles. The van der Waals surface area contributed by atoms with Crippen LogP contribution in [0.5, 0.6) is 0 Å². The van der Waals surface area contributed by atoms with E-state index in [1.807, 2.05) is 12.1 Å². The second kappa shape index (κ2) is 4.96. The number of allylic oxidation sites excluding steroid dienone is 1. The van der Waals surface area contributed by atoms with Gasteiger partial charge in [0.2, 0.25) is 5.91 Å². The number of hydrogen-bond donors (Lipinski definition) is 3. The van der Waals surface area contributed by atoms with Gasteiger partial charge in [0.15, 0.2) is 0 Å². The summed E-state index contributed by atoms with van der Waals surface area (Å²) in [7, 11) is 0. The van der Waals surface area contributed by atoms with Gasteiger partial charge in [0.1, 0.15) is 0 Å². The van der Waals surface area contributed by atoms with Gasteiger partial charge in [0, 0.05) is 18.2 Å². The Balaban J connectivity index is 1.83. The molecule has 1 aliphatic heterocycles. The molecule has 19 heavy (non-hydrogen) atoms. The number of carbonyl (C=O) groups is 1. The van der Waals surface area contributed by atoms with Crippen LogP contribution in [-0.4, -0.2) is 11.9 Å². The normalized spacial score (nSPS) is 21.7. The zero-order valence-electron chi connectivity index (χ0n) is 10.9. The molecule has 1 heterocycles. The highest BCUT2D eigenvalue weighted by atomic mass is 16.1. The molecule has 1 aliphatic carbocycles. The highest BCUT2D eigenvalue weighted by Gasteiger charge is 2.18. The Morgan fingerprint density at radius 3 is 2.95 bits per heavy atom. The Morgan fingerprint density at radius 1 is 1.26 bits per heavy atom. The van der Waals surface area contributed by atoms with E-state index in [9.17, 15) is 4.79 Å². The van der Waals surface area contributed by atoms with E-state index in [2.05, 4.69) is 22.8 Å². The number of nitrogens with one attached hydrogen (secondary N) is 2. The first-order valence-corrected chi connectivity index (χ1v) is 6.86. The van der Waals surface area contributed by atoms with E-state index < -0.39 is 0 Å². The molecule has 1 amide bonds. The summed E-state index contributed by atoms with van der Waals surface area (Å²) in [5.74, 6) is 0.0869. The van der Waals surface area contributed by atoms with Crippen molar-refractivity contribution in [2.24, 2.45) is 0 Å². The number of nitrogen functional groups attached to an aromatic ring is 1.